The van der Waals surface area contributed by atoms with Crippen molar-refractivity contribution < 1.29 is 66.6 Å². The summed E-state index contributed by atoms with van der Waals surface area (Å²) in [6.07, 6.45) is 15.3. The Kier molecular flexibility index (Phi) is 25.5. The monoisotopic (exact) mass is 1080 g/mol. The van der Waals surface area contributed by atoms with Crippen LogP contribution in [0.3, 0.4) is 0 Å². The fourth-order valence-electron chi connectivity index (χ4n) is 8.16. The first-order valence-electron chi connectivity index (χ1n) is 27.1. The fraction of sp³-hybridized carbons (Fsp3) is 0.344. The molecule has 1 heterocycles. The molecule has 1 aromatic heterocycles. The lowest BCUT2D eigenvalue weighted by atomic mass is 10.1. The molecular formula is C64H71NO14. The number of aryl methyl sites for hydroxylation is 2. The van der Waals surface area contributed by atoms with E-state index in [2.05, 4.69) is 19.7 Å². The van der Waals surface area contributed by atoms with Gasteiger partial charge < -0.3 is 42.6 Å². The number of carbonyl (C=O) groups excluding carboxylic acids is 5. The normalized spacial score (nSPS) is 10.8. The molecule has 79 heavy (non-hydrogen) atoms. The predicted molar refractivity (Wildman–Crippen MR) is 302 cm³/mol. The number of esters is 5. The zero-order valence-corrected chi connectivity index (χ0v) is 45.0. The number of ether oxygens (including phenoxy) is 9. The van der Waals surface area contributed by atoms with Crippen LogP contribution in [0.4, 0.5) is 0 Å². The van der Waals surface area contributed by atoms with E-state index in [0.29, 0.717) is 86.4 Å². The Balaban J connectivity index is 1.04. The van der Waals surface area contributed by atoms with Gasteiger partial charge >= 0.3 is 29.8 Å². The van der Waals surface area contributed by atoms with Crippen molar-refractivity contribution in [2.75, 3.05) is 39.6 Å². The van der Waals surface area contributed by atoms with E-state index in [0.717, 1.165) is 129 Å². The molecule has 0 aliphatic carbocycles. The van der Waals surface area contributed by atoms with Gasteiger partial charge in [-0.1, -0.05) is 44.0 Å². The number of hydrogen-bond donors (Lipinski definition) is 0. The van der Waals surface area contributed by atoms with Crippen molar-refractivity contribution in [1.29, 1.82) is 0 Å². The molecule has 6 aromatic rings. The lowest BCUT2D eigenvalue weighted by Crippen LogP contribution is -2.09. The Morgan fingerprint density at radius 2 is 0.734 bits per heavy atom. The van der Waals surface area contributed by atoms with Crippen molar-refractivity contribution in [3.8, 4) is 40.4 Å². The molecule has 0 N–H and O–H groups in total. The van der Waals surface area contributed by atoms with Gasteiger partial charge in [-0.25, -0.2) is 19.4 Å². The molecule has 15 heteroatoms. The van der Waals surface area contributed by atoms with Crippen LogP contribution in [-0.2, 0) is 51.0 Å². The number of carbonyl (C=O) groups is 5. The molecule has 6 rings (SSSR count). The Hall–Kier alpha value is -8.46. The largest absolute Gasteiger partial charge is 0.494 e. The van der Waals surface area contributed by atoms with Crippen molar-refractivity contribution in [2.24, 2.45) is 0 Å². The smallest absolute Gasteiger partial charge is 0.330 e. The number of rotatable bonds is 37. The van der Waals surface area contributed by atoms with E-state index < -0.39 is 29.8 Å². The SMILES string of the molecule is C=CC(=O)OCCCCCCOc1ccc(CCC(=O)Oc2ccc3c(c2)nc(Oc2ccc(OCCCCCCOC(=O)C=C)cc2)c2cc(OC(=O)CCc4ccc(OCCCCCCOC(=O)C=C)cc4)ccc23)cc1. The second-order valence-corrected chi connectivity index (χ2v) is 18.5. The van der Waals surface area contributed by atoms with Crippen LogP contribution in [0, 0.1) is 0 Å². The molecule has 416 valence electrons. The van der Waals surface area contributed by atoms with E-state index in [1.165, 1.54) is 0 Å². The quantitative estimate of drug-likeness (QED) is 0.00896. The summed E-state index contributed by atoms with van der Waals surface area (Å²) < 4.78 is 51.0. The number of hydrogen-bond acceptors (Lipinski definition) is 15. The third kappa shape index (κ3) is 21.8. The summed E-state index contributed by atoms with van der Waals surface area (Å²) in [6, 6.07) is 33.2. The van der Waals surface area contributed by atoms with Gasteiger partial charge in [0, 0.05) is 47.9 Å². The molecule has 0 spiro atoms. The third-order valence-corrected chi connectivity index (χ3v) is 12.4. The lowest BCUT2D eigenvalue weighted by Gasteiger charge is -2.14. The van der Waals surface area contributed by atoms with Crippen molar-refractivity contribution >= 4 is 51.5 Å². The highest BCUT2D eigenvalue weighted by atomic mass is 16.6. The van der Waals surface area contributed by atoms with Gasteiger partial charge in [0.2, 0.25) is 5.88 Å². The van der Waals surface area contributed by atoms with Crippen LogP contribution in [0.25, 0.3) is 21.7 Å². The zero-order valence-electron chi connectivity index (χ0n) is 45.0. The maximum atomic E-state index is 13.3. The van der Waals surface area contributed by atoms with E-state index in [9.17, 15) is 24.0 Å². The summed E-state index contributed by atoms with van der Waals surface area (Å²) in [4.78, 5) is 64.9. The highest BCUT2D eigenvalue weighted by Crippen LogP contribution is 2.37. The minimum absolute atomic E-state index is 0.145. The predicted octanol–water partition coefficient (Wildman–Crippen LogP) is 13.3. The molecule has 0 amide bonds. The average molecular weight is 1080 g/mol. The Morgan fingerprint density at radius 1 is 0.380 bits per heavy atom. The summed E-state index contributed by atoms with van der Waals surface area (Å²) in [6.45, 7) is 13.0. The van der Waals surface area contributed by atoms with Gasteiger partial charge in [0.05, 0.1) is 45.2 Å². The molecule has 0 fully saturated rings. The van der Waals surface area contributed by atoms with Crippen molar-refractivity contribution in [3.05, 3.63) is 158 Å². The molecule has 0 aliphatic rings. The van der Waals surface area contributed by atoms with E-state index in [4.69, 9.17) is 47.6 Å². The van der Waals surface area contributed by atoms with E-state index in [1.807, 2.05) is 72.8 Å². The third-order valence-electron chi connectivity index (χ3n) is 12.4. The number of benzene rings is 5. The molecule has 0 saturated carbocycles. The van der Waals surface area contributed by atoms with E-state index in [-0.39, 0.29) is 18.7 Å². The van der Waals surface area contributed by atoms with Crippen molar-refractivity contribution in [2.45, 2.75) is 103 Å². The van der Waals surface area contributed by atoms with Gasteiger partial charge in [0.1, 0.15) is 34.5 Å². The molecule has 0 saturated heterocycles. The minimum atomic E-state index is -0.415. The molecule has 15 nitrogen and oxygen atoms in total. The minimum Gasteiger partial charge on any atom is -0.494 e. The summed E-state index contributed by atoms with van der Waals surface area (Å²) >= 11 is 0. The summed E-state index contributed by atoms with van der Waals surface area (Å²) in [7, 11) is 0. The topological polar surface area (TPSA) is 181 Å². The first kappa shape index (κ1) is 59.8. The first-order chi connectivity index (χ1) is 38.6. The van der Waals surface area contributed by atoms with Crippen LogP contribution in [0.15, 0.2) is 147 Å². The summed E-state index contributed by atoms with van der Waals surface area (Å²) in [5.41, 5.74) is 2.45. The maximum Gasteiger partial charge on any atom is 0.330 e. The van der Waals surface area contributed by atoms with Crippen LogP contribution in [-0.4, -0.2) is 74.5 Å². The molecule has 0 atom stereocenters. The first-order valence-corrected chi connectivity index (χ1v) is 27.1. The molecule has 0 unspecified atom stereocenters. The Labute approximate surface area is 462 Å². The second-order valence-electron chi connectivity index (χ2n) is 18.5. The van der Waals surface area contributed by atoms with Gasteiger partial charge in [-0.3, -0.25) is 9.59 Å². The van der Waals surface area contributed by atoms with Gasteiger partial charge in [0.15, 0.2) is 0 Å². The van der Waals surface area contributed by atoms with Crippen molar-refractivity contribution in [3.63, 3.8) is 0 Å². The Morgan fingerprint density at radius 3 is 1.15 bits per heavy atom. The van der Waals surface area contributed by atoms with Gasteiger partial charge in [-0.05, 0) is 185 Å². The number of fused-ring (bicyclic) bond motifs is 3. The number of nitrogens with zero attached hydrogens (tertiary/aromatic N) is 1. The lowest BCUT2D eigenvalue weighted by molar-refractivity contribution is -0.138. The zero-order chi connectivity index (χ0) is 55.9. The molecule has 0 radical (unpaired) electrons. The molecule has 5 aromatic carbocycles. The number of pyridine rings is 1. The molecule has 0 aliphatic heterocycles. The maximum absolute atomic E-state index is 13.3. The van der Waals surface area contributed by atoms with Crippen LogP contribution >= 0.6 is 0 Å². The van der Waals surface area contributed by atoms with E-state index >= 15 is 0 Å². The van der Waals surface area contributed by atoms with Crippen molar-refractivity contribution in [1.82, 2.24) is 4.98 Å². The van der Waals surface area contributed by atoms with Crippen LogP contribution in [0.1, 0.15) is 101 Å². The molecular weight excluding hydrogens is 1010 g/mol. The van der Waals surface area contributed by atoms with Crippen LogP contribution < -0.4 is 28.4 Å². The van der Waals surface area contributed by atoms with Gasteiger partial charge in [-0.2, -0.15) is 0 Å². The van der Waals surface area contributed by atoms with Gasteiger partial charge in [-0.15, -0.1) is 0 Å². The van der Waals surface area contributed by atoms with Gasteiger partial charge in [0.25, 0.3) is 0 Å². The Bertz CT molecular complexity index is 2930. The number of aromatic nitrogens is 1. The average Bonchev–Trinajstić information content (AvgIpc) is 3.48. The van der Waals surface area contributed by atoms with Crippen LogP contribution in [0.2, 0.25) is 0 Å². The molecule has 0 bridgehead atoms. The van der Waals surface area contributed by atoms with E-state index in [1.54, 1.807) is 36.4 Å². The highest BCUT2D eigenvalue weighted by molar-refractivity contribution is 6.08. The fourth-order valence-corrected chi connectivity index (χ4v) is 8.16. The van der Waals surface area contributed by atoms with Crippen LogP contribution in [0.5, 0.6) is 40.4 Å². The summed E-state index contributed by atoms with van der Waals surface area (Å²) in [5, 5.41) is 2.15. The standard InChI is InChI=1S/C64H71NO14/c1-4-59(66)74-42-16-10-7-13-39-71-49-25-19-47(20-26-49)23-37-62(69)77-53-33-35-55-56-36-34-54(78-63(70)38-24-48-21-27-50(28-22-48)72-40-14-8-11-17-43-75-60(67)5-2)46-58(56)65-64(57(55)45-53)79-52-31-29-51(30-32-52)73-41-15-9-12-18-44-76-61(68)6-3/h4-6,19-22,25-36,45-46H,1-3,7-18,23-24,37-44H2. The highest BCUT2D eigenvalue weighted by Gasteiger charge is 2.16. The number of unbranched alkanes of at least 4 members (excludes halogenated alkanes) is 9. The summed E-state index contributed by atoms with van der Waals surface area (Å²) in [5.74, 6) is 1.55. The second kappa shape index (κ2) is 33.6.